The van der Waals surface area contributed by atoms with Gasteiger partial charge in [0.1, 0.15) is 0 Å². The number of esters is 1. The van der Waals surface area contributed by atoms with Crippen LogP contribution in [0.1, 0.15) is 29.8 Å². The Labute approximate surface area is 156 Å². The molecular formula is C21H20BrNO2. The highest BCUT2D eigenvalue weighted by Gasteiger charge is 2.16. The van der Waals surface area contributed by atoms with Crippen molar-refractivity contribution >= 4 is 32.8 Å². The van der Waals surface area contributed by atoms with E-state index in [1.807, 2.05) is 69.3 Å². The molecule has 0 saturated heterocycles. The third kappa shape index (κ3) is 4.07. The maximum absolute atomic E-state index is 12.6. The van der Waals surface area contributed by atoms with Gasteiger partial charge in [0.25, 0.3) is 0 Å². The van der Waals surface area contributed by atoms with E-state index in [4.69, 9.17) is 9.72 Å². The van der Waals surface area contributed by atoms with E-state index in [1.165, 1.54) is 5.56 Å². The summed E-state index contributed by atoms with van der Waals surface area (Å²) in [5, 5.41) is 0.791. The molecule has 3 nitrogen and oxygen atoms in total. The molecule has 0 bridgehead atoms. The Kier molecular flexibility index (Phi) is 5.19. The molecule has 3 aromatic rings. The molecule has 0 unspecified atom stereocenters. The summed E-state index contributed by atoms with van der Waals surface area (Å²) in [5.74, 6) is -0.0204. The van der Waals surface area contributed by atoms with Gasteiger partial charge in [-0.05, 0) is 37.1 Å². The van der Waals surface area contributed by atoms with E-state index < -0.39 is 0 Å². The topological polar surface area (TPSA) is 39.2 Å². The lowest BCUT2D eigenvalue weighted by atomic mass is 10.0. The van der Waals surface area contributed by atoms with Crippen LogP contribution in [0, 0.1) is 12.8 Å². The predicted octanol–water partition coefficient (Wildman–Crippen LogP) is 5.79. The van der Waals surface area contributed by atoms with E-state index in [0.717, 1.165) is 26.6 Å². The van der Waals surface area contributed by atoms with E-state index in [9.17, 15) is 4.79 Å². The number of aryl methyl sites for hydroxylation is 1. The van der Waals surface area contributed by atoms with Crippen molar-refractivity contribution in [3.8, 4) is 11.3 Å². The summed E-state index contributed by atoms with van der Waals surface area (Å²) in [5.41, 5.74) is 4.25. The number of hydrogen-bond acceptors (Lipinski definition) is 3. The first-order valence-electron chi connectivity index (χ1n) is 8.28. The number of nitrogens with zero attached hydrogens (tertiary/aromatic N) is 1. The Morgan fingerprint density at radius 3 is 2.52 bits per heavy atom. The molecule has 0 atom stereocenters. The summed E-state index contributed by atoms with van der Waals surface area (Å²) in [4.78, 5) is 17.4. The highest BCUT2D eigenvalue weighted by Crippen LogP contribution is 2.28. The minimum atomic E-state index is -0.312. The van der Waals surface area contributed by atoms with E-state index in [2.05, 4.69) is 15.9 Å². The van der Waals surface area contributed by atoms with Gasteiger partial charge >= 0.3 is 5.97 Å². The first kappa shape index (κ1) is 17.6. The molecular weight excluding hydrogens is 378 g/mol. The molecule has 2 aromatic carbocycles. The number of halogens is 1. The summed E-state index contributed by atoms with van der Waals surface area (Å²) in [6.45, 7) is 6.48. The summed E-state index contributed by atoms with van der Waals surface area (Å²) >= 11 is 3.47. The highest BCUT2D eigenvalue weighted by atomic mass is 79.9. The van der Waals surface area contributed by atoms with Gasteiger partial charge in [-0.25, -0.2) is 9.78 Å². The Bertz CT molecular complexity index is 917. The lowest BCUT2D eigenvalue weighted by molar-refractivity contribution is 0.0461. The first-order valence-corrected chi connectivity index (χ1v) is 9.08. The van der Waals surface area contributed by atoms with E-state index >= 15 is 0 Å². The molecule has 1 heterocycles. The van der Waals surface area contributed by atoms with Crippen LogP contribution in [0.25, 0.3) is 22.2 Å². The van der Waals surface area contributed by atoms with Gasteiger partial charge < -0.3 is 4.74 Å². The minimum absolute atomic E-state index is 0.292. The van der Waals surface area contributed by atoms with Crippen molar-refractivity contribution in [2.24, 2.45) is 5.92 Å². The molecule has 25 heavy (non-hydrogen) atoms. The van der Waals surface area contributed by atoms with Gasteiger partial charge in [-0.3, -0.25) is 0 Å². The van der Waals surface area contributed by atoms with E-state index in [-0.39, 0.29) is 5.97 Å². The van der Waals surface area contributed by atoms with Crippen LogP contribution >= 0.6 is 15.9 Å². The zero-order chi connectivity index (χ0) is 18.0. The second-order valence-corrected chi connectivity index (χ2v) is 7.49. The van der Waals surface area contributed by atoms with Crippen molar-refractivity contribution in [2.75, 3.05) is 6.61 Å². The van der Waals surface area contributed by atoms with Crippen molar-refractivity contribution < 1.29 is 9.53 Å². The molecule has 0 aliphatic carbocycles. The van der Waals surface area contributed by atoms with Crippen LogP contribution in [0.4, 0.5) is 0 Å². The van der Waals surface area contributed by atoms with Gasteiger partial charge in [-0.1, -0.05) is 59.6 Å². The van der Waals surface area contributed by atoms with Crippen LogP contribution in [-0.2, 0) is 4.74 Å². The van der Waals surface area contributed by atoms with Crippen molar-refractivity contribution in [1.82, 2.24) is 4.98 Å². The summed E-state index contributed by atoms with van der Waals surface area (Å²) in [6.07, 6.45) is 0. The Morgan fingerprint density at radius 1 is 1.12 bits per heavy atom. The molecule has 4 heteroatoms. The quantitative estimate of drug-likeness (QED) is 0.523. The normalized spacial score (nSPS) is 11.1. The first-order chi connectivity index (χ1) is 11.9. The average Bonchev–Trinajstić information content (AvgIpc) is 2.59. The number of hydrogen-bond donors (Lipinski definition) is 0. The molecule has 0 spiro atoms. The molecule has 0 radical (unpaired) electrons. The number of carbonyl (C=O) groups is 1. The zero-order valence-electron chi connectivity index (χ0n) is 14.5. The van der Waals surface area contributed by atoms with Crippen LogP contribution in [-0.4, -0.2) is 17.6 Å². The average molecular weight is 398 g/mol. The number of carbonyl (C=O) groups excluding carboxylic acids is 1. The lowest BCUT2D eigenvalue weighted by Gasteiger charge is -2.12. The maximum Gasteiger partial charge on any atom is 0.338 e. The van der Waals surface area contributed by atoms with Gasteiger partial charge in [-0.2, -0.15) is 0 Å². The summed E-state index contributed by atoms with van der Waals surface area (Å²) in [7, 11) is 0. The maximum atomic E-state index is 12.6. The zero-order valence-corrected chi connectivity index (χ0v) is 16.1. The third-order valence-electron chi connectivity index (χ3n) is 3.89. The molecule has 1 aromatic heterocycles. The van der Waals surface area contributed by atoms with Gasteiger partial charge in [-0.15, -0.1) is 0 Å². The molecule has 0 fully saturated rings. The molecule has 0 aliphatic rings. The van der Waals surface area contributed by atoms with Crippen LogP contribution in [0.3, 0.4) is 0 Å². The van der Waals surface area contributed by atoms with Crippen molar-refractivity contribution in [1.29, 1.82) is 0 Å². The Morgan fingerprint density at radius 2 is 1.84 bits per heavy atom. The SMILES string of the molecule is Cc1ccc(-c2cc(C(=O)OCC(C)C)c3cc(Br)ccc3n2)cc1. The fourth-order valence-electron chi connectivity index (χ4n) is 2.56. The largest absolute Gasteiger partial charge is 0.462 e. The van der Waals surface area contributed by atoms with E-state index in [1.54, 1.807) is 0 Å². The van der Waals surface area contributed by atoms with Crippen molar-refractivity contribution in [2.45, 2.75) is 20.8 Å². The smallest absolute Gasteiger partial charge is 0.338 e. The predicted molar refractivity (Wildman–Crippen MR) is 105 cm³/mol. The highest BCUT2D eigenvalue weighted by molar-refractivity contribution is 9.10. The van der Waals surface area contributed by atoms with Crippen LogP contribution < -0.4 is 0 Å². The summed E-state index contributed by atoms with van der Waals surface area (Å²) in [6, 6.07) is 15.7. The van der Waals surface area contributed by atoms with Crippen molar-refractivity contribution in [3.05, 3.63) is 64.1 Å². The molecule has 3 rings (SSSR count). The Balaban J connectivity index is 2.13. The number of benzene rings is 2. The minimum Gasteiger partial charge on any atom is -0.462 e. The van der Waals surface area contributed by atoms with E-state index in [0.29, 0.717) is 18.1 Å². The monoisotopic (exact) mass is 397 g/mol. The third-order valence-corrected chi connectivity index (χ3v) is 4.38. The number of pyridine rings is 1. The molecule has 128 valence electrons. The Hall–Kier alpha value is -2.20. The fourth-order valence-corrected chi connectivity index (χ4v) is 2.92. The number of rotatable bonds is 4. The number of fused-ring (bicyclic) bond motifs is 1. The fraction of sp³-hybridized carbons (Fsp3) is 0.238. The molecule has 0 saturated carbocycles. The number of ether oxygens (including phenoxy) is 1. The number of aromatic nitrogens is 1. The van der Waals surface area contributed by atoms with Gasteiger partial charge in [0, 0.05) is 15.4 Å². The van der Waals surface area contributed by atoms with Crippen molar-refractivity contribution in [3.63, 3.8) is 0 Å². The molecule has 0 N–H and O–H groups in total. The van der Waals surface area contributed by atoms with Crippen LogP contribution in [0.2, 0.25) is 0 Å². The second kappa shape index (κ2) is 7.36. The van der Waals surface area contributed by atoms with Crippen LogP contribution in [0.15, 0.2) is 53.0 Å². The molecule has 0 amide bonds. The van der Waals surface area contributed by atoms with Crippen LogP contribution in [0.5, 0.6) is 0 Å². The summed E-state index contributed by atoms with van der Waals surface area (Å²) < 4.78 is 6.37. The van der Waals surface area contributed by atoms with Gasteiger partial charge in [0.2, 0.25) is 0 Å². The second-order valence-electron chi connectivity index (χ2n) is 6.57. The molecule has 0 aliphatic heterocycles. The lowest BCUT2D eigenvalue weighted by Crippen LogP contribution is -2.11. The van der Waals surface area contributed by atoms with Gasteiger partial charge in [0.15, 0.2) is 0 Å². The van der Waals surface area contributed by atoms with Gasteiger partial charge in [0.05, 0.1) is 23.4 Å². The standard InChI is InChI=1S/C21H20BrNO2/c1-13(2)12-25-21(24)18-11-20(15-6-4-14(3)5-7-15)23-19-9-8-16(22)10-17(18)19/h4-11,13H,12H2,1-3H3.